The zero-order valence-electron chi connectivity index (χ0n) is 12.5. The van der Waals surface area contributed by atoms with Crippen molar-refractivity contribution < 1.29 is 9.21 Å². The minimum Gasteiger partial charge on any atom is -0.441 e. The van der Waals surface area contributed by atoms with Crippen LogP contribution in [0.15, 0.2) is 53.2 Å². The molecule has 0 aliphatic carbocycles. The van der Waals surface area contributed by atoms with Crippen molar-refractivity contribution in [1.29, 1.82) is 0 Å². The number of rotatable bonds is 5. The van der Waals surface area contributed by atoms with Crippen molar-refractivity contribution in [1.82, 2.24) is 9.97 Å². The van der Waals surface area contributed by atoms with E-state index in [1.165, 1.54) is 6.20 Å². The molecule has 0 aliphatic rings. The van der Waals surface area contributed by atoms with Crippen LogP contribution in [0.4, 0.5) is 5.82 Å². The Morgan fingerprint density at radius 2 is 1.75 bits per heavy atom. The van der Waals surface area contributed by atoms with E-state index in [1.54, 1.807) is 30.5 Å². The fourth-order valence-corrected chi connectivity index (χ4v) is 2.29. The number of nitrogens with one attached hydrogen (secondary N) is 1. The molecule has 0 saturated heterocycles. The van der Waals surface area contributed by atoms with Gasteiger partial charge in [-0.3, -0.25) is 4.79 Å². The van der Waals surface area contributed by atoms with Gasteiger partial charge in [0, 0.05) is 29.6 Å². The molecule has 122 valence electrons. The van der Waals surface area contributed by atoms with Crippen LogP contribution in [0.25, 0.3) is 11.3 Å². The van der Waals surface area contributed by atoms with Crippen LogP contribution in [0.5, 0.6) is 0 Å². The summed E-state index contributed by atoms with van der Waals surface area (Å²) in [5, 5.41) is 3.87. The minimum atomic E-state index is -0.170. The second-order valence-electron chi connectivity index (χ2n) is 5.03. The predicted octanol–water partition coefficient (Wildman–Crippen LogP) is 4.61. The van der Waals surface area contributed by atoms with E-state index in [2.05, 4.69) is 15.3 Å². The number of anilines is 1. The maximum atomic E-state index is 11.9. The third-order valence-corrected chi connectivity index (χ3v) is 3.72. The quantitative estimate of drug-likeness (QED) is 0.719. The third-order valence-electron chi connectivity index (χ3n) is 3.24. The van der Waals surface area contributed by atoms with Gasteiger partial charge >= 0.3 is 0 Å². The lowest BCUT2D eigenvalue weighted by molar-refractivity contribution is -0.116. The molecule has 0 spiro atoms. The molecule has 2 heterocycles. The molecule has 0 bridgehead atoms. The summed E-state index contributed by atoms with van der Waals surface area (Å²) in [4.78, 5) is 20.1. The molecule has 1 aromatic carbocycles. The summed E-state index contributed by atoms with van der Waals surface area (Å²) in [6.07, 6.45) is 3.75. The van der Waals surface area contributed by atoms with Gasteiger partial charge in [-0.2, -0.15) is 0 Å². The SMILES string of the molecule is O=C(CCc1ncc(-c2ccc(Cl)cc2)o1)Nc1ccc(Cl)cn1. The molecule has 5 nitrogen and oxygen atoms in total. The summed E-state index contributed by atoms with van der Waals surface area (Å²) >= 11 is 11.6. The zero-order valence-corrected chi connectivity index (χ0v) is 14.0. The van der Waals surface area contributed by atoms with Crippen molar-refractivity contribution in [2.75, 3.05) is 5.32 Å². The first-order valence-corrected chi connectivity index (χ1v) is 7.98. The number of aromatic nitrogens is 2. The van der Waals surface area contributed by atoms with E-state index in [1.807, 2.05) is 12.1 Å². The Balaban J connectivity index is 1.56. The van der Waals surface area contributed by atoms with Crippen LogP contribution in [0.2, 0.25) is 10.0 Å². The Morgan fingerprint density at radius 3 is 2.46 bits per heavy atom. The van der Waals surface area contributed by atoms with Gasteiger partial charge in [0.2, 0.25) is 5.91 Å². The van der Waals surface area contributed by atoms with Crippen LogP contribution in [-0.2, 0) is 11.2 Å². The highest BCUT2D eigenvalue weighted by atomic mass is 35.5. The first kappa shape index (κ1) is 16.5. The summed E-state index contributed by atoms with van der Waals surface area (Å²) in [7, 11) is 0. The largest absolute Gasteiger partial charge is 0.441 e. The Kier molecular flexibility index (Phi) is 5.13. The highest BCUT2D eigenvalue weighted by molar-refractivity contribution is 6.30. The van der Waals surface area contributed by atoms with Crippen LogP contribution in [0.3, 0.4) is 0 Å². The number of halogens is 2. The van der Waals surface area contributed by atoms with Crippen molar-refractivity contribution >= 4 is 34.9 Å². The summed E-state index contributed by atoms with van der Waals surface area (Å²) < 4.78 is 5.66. The highest BCUT2D eigenvalue weighted by Gasteiger charge is 2.09. The lowest BCUT2D eigenvalue weighted by Crippen LogP contribution is -2.13. The van der Waals surface area contributed by atoms with Crippen molar-refractivity contribution in [2.45, 2.75) is 12.8 Å². The van der Waals surface area contributed by atoms with Gasteiger partial charge in [0.1, 0.15) is 5.82 Å². The normalized spacial score (nSPS) is 10.6. The van der Waals surface area contributed by atoms with Gasteiger partial charge in [-0.25, -0.2) is 9.97 Å². The van der Waals surface area contributed by atoms with E-state index in [-0.39, 0.29) is 12.3 Å². The number of hydrogen-bond acceptors (Lipinski definition) is 4. The average Bonchev–Trinajstić information content (AvgIpc) is 3.05. The monoisotopic (exact) mass is 361 g/mol. The summed E-state index contributed by atoms with van der Waals surface area (Å²) in [5.41, 5.74) is 0.882. The Labute approximate surface area is 148 Å². The topological polar surface area (TPSA) is 68.0 Å². The molecule has 1 N–H and O–H groups in total. The molecule has 24 heavy (non-hydrogen) atoms. The van der Waals surface area contributed by atoms with Crippen molar-refractivity contribution in [3.05, 3.63) is 64.7 Å². The fourth-order valence-electron chi connectivity index (χ4n) is 2.05. The number of pyridine rings is 1. The smallest absolute Gasteiger partial charge is 0.226 e. The lowest BCUT2D eigenvalue weighted by atomic mass is 10.2. The Hall–Kier alpha value is -2.37. The van der Waals surface area contributed by atoms with E-state index >= 15 is 0 Å². The minimum absolute atomic E-state index is 0.170. The van der Waals surface area contributed by atoms with Crippen molar-refractivity contribution in [3.8, 4) is 11.3 Å². The first-order valence-electron chi connectivity index (χ1n) is 7.22. The van der Waals surface area contributed by atoms with Gasteiger partial charge in [-0.1, -0.05) is 23.2 Å². The van der Waals surface area contributed by atoms with Crippen LogP contribution >= 0.6 is 23.2 Å². The Morgan fingerprint density at radius 1 is 1.00 bits per heavy atom. The number of benzene rings is 1. The molecule has 3 aromatic rings. The second-order valence-corrected chi connectivity index (χ2v) is 5.91. The molecule has 0 radical (unpaired) electrons. The molecule has 0 aliphatic heterocycles. The molecule has 2 aromatic heterocycles. The fraction of sp³-hybridized carbons (Fsp3) is 0.118. The summed E-state index contributed by atoms with van der Waals surface area (Å²) in [5.74, 6) is 1.43. The summed E-state index contributed by atoms with van der Waals surface area (Å²) in [6.45, 7) is 0. The average molecular weight is 362 g/mol. The van der Waals surface area contributed by atoms with Gasteiger partial charge in [0.25, 0.3) is 0 Å². The van der Waals surface area contributed by atoms with E-state index in [9.17, 15) is 4.79 Å². The molecule has 7 heteroatoms. The highest BCUT2D eigenvalue weighted by Crippen LogP contribution is 2.22. The first-order chi connectivity index (χ1) is 11.6. The predicted molar refractivity (Wildman–Crippen MR) is 93.1 cm³/mol. The van der Waals surface area contributed by atoms with Gasteiger partial charge in [0.15, 0.2) is 11.7 Å². The van der Waals surface area contributed by atoms with Crippen LogP contribution in [-0.4, -0.2) is 15.9 Å². The number of amides is 1. The number of nitrogens with zero attached hydrogens (tertiary/aromatic N) is 2. The van der Waals surface area contributed by atoms with Gasteiger partial charge in [-0.05, 0) is 36.4 Å². The number of oxazole rings is 1. The molecule has 3 rings (SSSR count). The van der Waals surface area contributed by atoms with Crippen LogP contribution < -0.4 is 5.32 Å². The molecule has 0 fully saturated rings. The molecule has 1 amide bonds. The van der Waals surface area contributed by atoms with Crippen LogP contribution in [0.1, 0.15) is 12.3 Å². The maximum Gasteiger partial charge on any atom is 0.226 e. The zero-order chi connectivity index (χ0) is 16.9. The molecular formula is C17H13Cl2N3O2. The van der Waals surface area contributed by atoms with E-state index < -0.39 is 0 Å². The molecular weight excluding hydrogens is 349 g/mol. The number of hydrogen-bond donors (Lipinski definition) is 1. The van der Waals surface area contributed by atoms with Gasteiger partial charge in [-0.15, -0.1) is 0 Å². The van der Waals surface area contributed by atoms with Crippen molar-refractivity contribution in [3.63, 3.8) is 0 Å². The lowest BCUT2D eigenvalue weighted by Gasteiger charge is -2.03. The molecule has 0 atom stereocenters. The van der Waals surface area contributed by atoms with E-state index in [0.717, 1.165) is 5.56 Å². The van der Waals surface area contributed by atoms with Crippen molar-refractivity contribution in [2.24, 2.45) is 0 Å². The third kappa shape index (κ3) is 4.34. The van der Waals surface area contributed by atoms with E-state index in [4.69, 9.17) is 27.6 Å². The number of carbonyl (C=O) groups is 1. The van der Waals surface area contributed by atoms with E-state index in [0.29, 0.717) is 33.9 Å². The summed E-state index contributed by atoms with van der Waals surface area (Å²) in [6, 6.07) is 10.6. The molecule has 0 saturated carbocycles. The second kappa shape index (κ2) is 7.47. The number of carbonyl (C=O) groups excluding carboxylic acids is 1. The van der Waals surface area contributed by atoms with Gasteiger partial charge in [0.05, 0.1) is 11.2 Å². The maximum absolute atomic E-state index is 11.9. The van der Waals surface area contributed by atoms with Crippen LogP contribution in [0, 0.1) is 0 Å². The Bertz CT molecular complexity index is 830. The van der Waals surface area contributed by atoms with Gasteiger partial charge < -0.3 is 9.73 Å². The number of aryl methyl sites for hydroxylation is 1. The standard InChI is InChI=1S/C17H13Cl2N3O2/c18-12-3-1-11(2-4-12)14-10-21-17(24-14)8-7-16(23)22-15-6-5-13(19)9-20-15/h1-6,9-10H,7-8H2,(H,20,22,23). The molecule has 0 unspecified atom stereocenters.